The molecule has 0 radical (unpaired) electrons. The Kier molecular flexibility index (Phi) is 4.33. The highest BCUT2D eigenvalue weighted by Crippen LogP contribution is 2.20. The van der Waals surface area contributed by atoms with E-state index in [0.29, 0.717) is 24.9 Å². The van der Waals surface area contributed by atoms with Crippen molar-refractivity contribution in [3.05, 3.63) is 36.2 Å². The summed E-state index contributed by atoms with van der Waals surface area (Å²) in [6.07, 6.45) is 0. The van der Waals surface area contributed by atoms with Crippen LogP contribution in [0.3, 0.4) is 0 Å². The van der Waals surface area contributed by atoms with Gasteiger partial charge in [0, 0.05) is 18.8 Å². The zero-order valence-corrected chi connectivity index (χ0v) is 12.9. The molecule has 3 rings (SSSR count). The van der Waals surface area contributed by atoms with Gasteiger partial charge in [-0.05, 0) is 19.1 Å². The van der Waals surface area contributed by atoms with E-state index in [9.17, 15) is 4.79 Å². The molecule has 0 aliphatic carbocycles. The molecule has 0 spiro atoms. The van der Waals surface area contributed by atoms with Gasteiger partial charge in [-0.15, -0.1) is 0 Å². The van der Waals surface area contributed by atoms with E-state index >= 15 is 0 Å². The van der Waals surface area contributed by atoms with Crippen molar-refractivity contribution < 1.29 is 4.79 Å². The molecule has 120 valence electrons. The summed E-state index contributed by atoms with van der Waals surface area (Å²) in [5.41, 5.74) is 6.68. The van der Waals surface area contributed by atoms with Crippen molar-refractivity contribution in [1.29, 1.82) is 0 Å². The van der Waals surface area contributed by atoms with Gasteiger partial charge >= 0.3 is 0 Å². The lowest BCUT2D eigenvalue weighted by Gasteiger charge is -2.31. The molecule has 0 bridgehead atoms. The molecule has 1 aliphatic rings. The number of rotatable bonds is 4. The first-order chi connectivity index (χ1) is 11.1. The van der Waals surface area contributed by atoms with E-state index < -0.39 is 0 Å². The first-order valence-corrected chi connectivity index (χ1v) is 7.46. The van der Waals surface area contributed by atoms with Crippen molar-refractivity contribution >= 4 is 23.5 Å². The monoisotopic (exact) mass is 313 g/mol. The number of nitrogens with one attached hydrogen (secondary N) is 2. The van der Waals surface area contributed by atoms with Gasteiger partial charge in [-0.3, -0.25) is 9.69 Å². The van der Waals surface area contributed by atoms with Gasteiger partial charge in [0.15, 0.2) is 5.82 Å². The topological polar surface area (TPSA) is 109 Å². The zero-order chi connectivity index (χ0) is 16.2. The largest absolute Gasteiger partial charge is 0.368 e. The Morgan fingerprint density at radius 2 is 2.04 bits per heavy atom. The molecule has 1 amide bonds. The Morgan fingerprint density at radius 3 is 2.78 bits per heavy atom. The summed E-state index contributed by atoms with van der Waals surface area (Å²) < 4.78 is 0. The van der Waals surface area contributed by atoms with Crippen LogP contribution in [0.5, 0.6) is 0 Å². The Balaban J connectivity index is 1.80. The van der Waals surface area contributed by atoms with E-state index in [1.165, 1.54) is 0 Å². The fraction of sp³-hybridized carbons (Fsp3) is 0.333. The maximum atomic E-state index is 11.5. The molecule has 8 heteroatoms. The van der Waals surface area contributed by atoms with Crippen LogP contribution in [0, 0.1) is 0 Å². The van der Waals surface area contributed by atoms with Crippen molar-refractivity contribution in [2.45, 2.75) is 13.0 Å². The predicted molar refractivity (Wildman–Crippen MR) is 87.0 cm³/mol. The first-order valence-electron chi connectivity index (χ1n) is 7.46. The molecule has 1 aromatic carbocycles. The van der Waals surface area contributed by atoms with Gasteiger partial charge in [0.25, 0.3) is 0 Å². The Labute approximate surface area is 134 Å². The summed E-state index contributed by atoms with van der Waals surface area (Å²) in [5, 5.41) is 5.91. The van der Waals surface area contributed by atoms with Gasteiger partial charge in [0.05, 0.1) is 12.6 Å². The van der Waals surface area contributed by atoms with Crippen molar-refractivity contribution in [2.75, 3.05) is 30.7 Å². The number of hydrogen-bond donors (Lipinski definition) is 3. The Hall–Kier alpha value is -2.74. The van der Waals surface area contributed by atoms with E-state index in [1.807, 2.05) is 42.2 Å². The molecule has 2 heterocycles. The number of anilines is 3. The van der Waals surface area contributed by atoms with Crippen molar-refractivity contribution in [3.8, 4) is 0 Å². The van der Waals surface area contributed by atoms with E-state index in [4.69, 9.17) is 5.73 Å². The second-order valence-corrected chi connectivity index (χ2v) is 5.36. The highest BCUT2D eigenvalue weighted by atomic mass is 16.2. The van der Waals surface area contributed by atoms with Gasteiger partial charge in [-0.1, -0.05) is 18.2 Å². The van der Waals surface area contributed by atoms with E-state index in [1.54, 1.807) is 0 Å². The summed E-state index contributed by atoms with van der Waals surface area (Å²) in [7, 11) is 0. The fourth-order valence-corrected chi connectivity index (χ4v) is 2.45. The van der Waals surface area contributed by atoms with Crippen LogP contribution in [0.1, 0.15) is 18.8 Å². The minimum Gasteiger partial charge on any atom is -0.368 e. The number of nitrogen functional groups attached to an aromatic ring is 1. The summed E-state index contributed by atoms with van der Waals surface area (Å²) in [5.74, 6) is 1.10. The molecule has 0 unspecified atom stereocenters. The van der Waals surface area contributed by atoms with Gasteiger partial charge in [0.2, 0.25) is 17.8 Å². The molecule has 0 saturated carbocycles. The molecule has 1 aromatic heterocycles. The molecule has 1 aliphatic heterocycles. The molecule has 8 nitrogen and oxygen atoms in total. The predicted octanol–water partition coefficient (Wildman–Crippen LogP) is 0.690. The first kappa shape index (κ1) is 15.2. The van der Waals surface area contributed by atoms with Crippen LogP contribution >= 0.6 is 0 Å². The molecule has 1 fully saturated rings. The molecule has 4 N–H and O–H groups in total. The number of carbonyl (C=O) groups excluding carboxylic acids is 1. The maximum absolute atomic E-state index is 11.5. The van der Waals surface area contributed by atoms with Crippen LogP contribution in [-0.2, 0) is 4.79 Å². The highest BCUT2D eigenvalue weighted by molar-refractivity contribution is 5.78. The lowest BCUT2D eigenvalue weighted by molar-refractivity contribution is -0.124. The Bertz CT molecular complexity index is 691. The quantitative estimate of drug-likeness (QED) is 0.762. The minimum atomic E-state index is -0.123. The van der Waals surface area contributed by atoms with Gasteiger partial charge in [-0.2, -0.15) is 15.0 Å². The number of amides is 1. The van der Waals surface area contributed by atoms with E-state index in [2.05, 4.69) is 25.6 Å². The van der Waals surface area contributed by atoms with Crippen molar-refractivity contribution in [2.24, 2.45) is 0 Å². The van der Waals surface area contributed by atoms with Crippen molar-refractivity contribution in [3.63, 3.8) is 0 Å². The van der Waals surface area contributed by atoms with Gasteiger partial charge < -0.3 is 16.4 Å². The zero-order valence-electron chi connectivity index (χ0n) is 12.9. The third kappa shape index (κ3) is 3.72. The molecular formula is C15H19N7O. The lowest BCUT2D eigenvalue weighted by atomic mass is 10.2. The third-order valence-corrected chi connectivity index (χ3v) is 3.69. The van der Waals surface area contributed by atoms with Crippen LogP contribution in [0.2, 0.25) is 0 Å². The molecule has 1 saturated heterocycles. The summed E-state index contributed by atoms with van der Waals surface area (Å²) in [4.78, 5) is 26.3. The Morgan fingerprint density at radius 1 is 1.26 bits per heavy atom. The minimum absolute atomic E-state index is 0.00719. The van der Waals surface area contributed by atoms with E-state index in [0.717, 1.165) is 12.2 Å². The molecule has 2 aromatic rings. The van der Waals surface area contributed by atoms with Crippen LogP contribution in [0.15, 0.2) is 30.3 Å². The SMILES string of the molecule is C[C@H](c1nc(N)nc(Nc2ccccc2)n1)N1CCNC(=O)C1. The second-order valence-electron chi connectivity index (χ2n) is 5.36. The maximum Gasteiger partial charge on any atom is 0.234 e. The summed E-state index contributed by atoms with van der Waals surface area (Å²) in [6, 6.07) is 9.48. The van der Waals surface area contributed by atoms with Gasteiger partial charge in [0.1, 0.15) is 0 Å². The average Bonchev–Trinajstić information content (AvgIpc) is 2.54. The normalized spacial score (nSPS) is 16.7. The summed E-state index contributed by atoms with van der Waals surface area (Å²) in [6.45, 7) is 3.66. The number of hydrogen-bond acceptors (Lipinski definition) is 7. The van der Waals surface area contributed by atoms with Crippen LogP contribution in [0.4, 0.5) is 17.6 Å². The molecular weight excluding hydrogens is 294 g/mol. The molecule has 23 heavy (non-hydrogen) atoms. The van der Waals surface area contributed by atoms with Crippen LogP contribution in [-0.4, -0.2) is 45.4 Å². The fourth-order valence-electron chi connectivity index (χ4n) is 2.45. The standard InChI is InChI=1S/C15H19N7O/c1-10(22-8-7-17-12(23)9-22)13-19-14(16)21-15(20-13)18-11-5-3-2-4-6-11/h2-6,10H,7-9H2,1H3,(H,17,23)(H3,16,18,19,20,21)/t10-/m1/s1. The third-order valence-electron chi connectivity index (χ3n) is 3.69. The molecule has 1 atom stereocenters. The van der Waals surface area contributed by atoms with Crippen LogP contribution < -0.4 is 16.4 Å². The number of aromatic nitrogens is 3. The average molecular weight is 313 g/mol. The second kappa shape index (κ2) is 6.57. The lowest BCUT2D eigenvalue weighted by Crippen LogP contribution is -2.48. The number of nitrogens with two attached hydrogens (primary N) is 1. The van der Waals surface area contributed by atoms with E-state index in [-0.39, 0.29) is 17.9 Å². The number of piperazine rings is 1. The number of carbonyl (C=O) groups is 1. The van der Waals surface area contributed by atoms with Gasteiger partial charge in [-0.25, -0.2) is 0 Å². The number of para-hydroxylation sites is 1. The van der Waals surface area contributed by atoms with Crippen molar-refractivity contribution in [1.82, 2.24) is 25.2 Å². The highest BCUT2D eigenvalue weighted by Gasteiger charge is 2.24. The summed E-state index contributed by atoms with van der Waals surface area (Å²) >= 11 is 0. The van der Waals surface area contributed by atoms with Crippen LogP contribution in [0.25, 0.3) is 0 Å². The number of nitrogens with zero attached hydrogens (tertiary/aromatic N) is 4. The smallest absolute Gasteiger partial charge is 0.234 e. The number of benzene rings is 1.